The van der Waals surface area contributed by atoms with Crippen LogP contribution in [0.1, 0.15) is 33.3 Å². The van der Waals surface area contributed by atoms with Crippen molar-refractivity contribution >= 4 is 17.2 Å². The number of rotatable bonds is 10. The van der Waals surface area contributed by atoms with Gasteiger partial charge in [0, 0.05) is 0 Å². The Morgan fingerprint density at radius 2 is 1.37 bits per heavy atom. The standard InChI is InChI=1S/C28H35N3O2.2ClH/c1-21(2)31(22(3)4)19-20-33-27-17-13-25(14-18-27)30-28(29-24-9-7-6-8-10-24)23-11-15-26(32-5)16-12-23;;/h6-18,21-22H,19-20H2,1-5H3,(H,29,30);2*1H. The first-order valence-corrected chi connectivity index (χ1v) is 11.6. The lowest BCUT2D eigenvalue weighted by Crippen LogP contribution is -3.18. The van der Waals surface area contributed by atoms with E-state index in [0.29, 0.717) is 18.7 Å². The van der Waals surface area contributed by atoms with Gasteiger partial charge in [-0.2, -0.15) is 0 Å². The maximum absolute atomic E-state index is 6.02. The molecule has 0 heterocycles. The zero-order chi connectivity index (χ0) is 23.6. The largest absolute Gasteiger partial charge is 1.00 e. The van der Waals surface area contributed by atoms with E-state index < -0.39 is 0 Å². The van der Waals surface area contributed by atoms with Crippen molar-refractivity contribution in [2.24, 2.45) is 0 Å². The highest BCUT2D eigenvalue weighted by Gasteiger charge is 2.17. The van der Waals surface area contributed by atoms with Crippen LogP contribution in [-0.2, 0) is 0 Å². The molecule has 3 rings (SSSR count). The van der Waals surface area contributed by atoms with Gasteiger partial charge in [0.2, 0.25) is 0 Å². The third kappa shape index (κ3) is 9.44. The molecular formula is C28H37Cl2N3O2. The molecule has 35 heavy (non-hydrogen) atoms. The first-order valence-electron chi connectivity index (χ1n) is 11.6. The molecule has 7 heteroatoms. The number of hydrogen-bond donors (Lipinski definition) is 3. The number of benzene rings is 3. The molecule has 3 N–H and O–H groups in total. The van der Waals surface area contributed by atoms with Crippen LogP contribution in [0.25, 0.3) is 0 Å². The smallest absolute Gasteiger partial charge is 0.285 e. The van der Waals surface area contributed by atoms with E-state index in [2.05, 4.69) is 38.0 Å². The second-order valence-electron chi connectivity index (χ2n) is 8.73. The Labute approximate surface area is 222 Å². The van der Waals surface area contributed by atoms with Crippen molar-refractivity contribution in [3.8, 4) is 11.5 Å². The van der Waals surface area contributed by atoms with Crippen molar-refractivity contribution in [2.45, 2.75) is 39.8 Å². The van der Waals surface area contributed by atoms with E-state index in [1.807, 2.05) is 78.9 Å². The first-order chi connectivity index (χ1) is 16.0. The Bertz CT molecular complexity index is 1000. The molecule has 0 aliphatic rings. The van der Waals surface area contributed by atoms with Gasteiger partial charge in [-0.25, -0.2) is 10.3 Å². The molecule has 190 valence electrons. The average molecular weight is 519 g/mol. The van der Waals surface area contributed by atoms with Crippen molar-refractivity contribution in [3.63, 3.8) is 0 Å². The molecule has 0 aliphatic carbocycles. The maximum Gasteiger partial charge on any atom is 0.285 e. The van der Waals surface area contributed by atoms with Gasteiger partial charge in [0.15, 0.2) is 0 Å². The number of quaternary nitrogens is 1. The van der Waals surface area contributed by atoms with E-state index in [1.54, 1.807) is 12.0 Å². The molecule has 3 aromatic carbocycles. The van der Waals surface area contributed by atoms with Gasteiger partial charge in [0.1, 0.15) is 36.0 Å². The number of methoxy groups -OCH3 is 1. The molecular weight excluding hydrogens is 481 g/mol. The molecule has 0 amide bonds. The van der Waals surface area contributed by atoms with Gasteiger partial charge >= 0.3 is 0 Å². The van der Waals surface area contributed by atoms with Gasteiger partial charge in [-0.3, -0.25) is 0 Å². The zero-order valence-corrected chi connectivity index (χ0v) is 22.7. The molecule has 0 radical (unpaired) electrons. The summed E-state index contributed by atoms with van der Waals surface area (Å²) in [6.07, 6.45) is 0. The molecule has 0 atom stereocenters. The van der Waals surface area contributed by atoms with Gasteiger partial charge in [-0.05, 0) is 88.4 Å². The third-order valence-corrected chi connectivity index (χ3v) is 5.69. The molecule has 3 aromatic rings. The topological polar surface area (TPSA) is 48.9 Å². The molecule has 0 unspecified atom stereocenters. The summed E-state index contributed by atoms with van der Waals surface area (Å²) in [4.78, 5) is 5.07. The lowest BCUT2D eigenvalue weighted by Gasteiger charge is -2.27. The van der Waals surface area contributed by atoms with Crippen molar-refractivity contribution < 1.29 is 44.2 Å². The Balaban J connectivity index is 0.00000306. The highest BCUT2D eigenvalue weighted by atomic mass is 35.5. The lowest BCUT2D eigenvalue weighted by atomic mass is 10.2. The second kappa shape index (κ2) is 15.3. The second-order valence-corrected chi connectivity index (χ2v) is 8.73. The summed E-state index contributed by atoms with van der Waals surface area (Å²) in [6, 6.07) is 27.4. The predicted octanol–water partition coefficient (Wildman–Crippen LogP) is -2.95. The minimum Gasteiger partial charge on any atom is -1.00 e. The highest BCUT2D eigenvalue weighted by Crippen LogP contribution is 2.14. The summed E-state index contributed by atoms with van der Waals surface area (Å²) in [5.74, 6) is 2.61. The van der Waals surface area contributed by atoms with Crippen molar-refractivity contribution in [1.29, 1.82) is 0 Å². The molecule has 0 saturated carbocycles. The van der Waals surface area contributed by atoms with Crippen LogP contribution in [0.3, 0.4) is 0 Å². The summed E-state index contributed by atoms with van der Waals surface area (Å²) >= 11 is 0. The fourth-order valence-electron chi connectivity index (χ4n) is 3.91. The molecule has 0 spiro atoms. The third-order valence-electron chi connectivity index (χ3n) is 5.69. The van der Waals surface area contributed by atoms with Gasteiger partial charge in [-0.1, -0.05) is 18.2 Å². The monoisotopic (exact) mass is 517 g/mol. The quantitative estimate of drug-likeness (QED) is 0.199. The SMILES string of the molecule is COc1ccc(C(Nc2ccccc2)=[NH+]c2ccc(OCC[NH+](C(C)C)C(C)C)cc2)cc1.[Cl-].[Cl-]. The van der Waals surface area contributed by atoms with E-state index >= 15 is 0 Å². The summed E-state index contributed by atoms with van der Waals surface area (Å²) in [6.45, 7) is 10.7. The Morgan fingerprint density at radius 1 is 0.800 bits per heavy atom. The molecule has 0 aromatic heterocycles. The minimum absolute atomic E-state index is 0. The number of amidine groups is 1. The number of hydrogen-bond acceptors (Lipinski definition) is 2. The molecule has 0 fully saturated rings. The van der Waals surface area contributed by atoms with Gasteiger partial charge in [0.25, 0.3) is 5.84 Å². The Hall–Kier alpha value is -2.73. The normalized spacial score (nSPS) is 11.1. The molecule has 0 bridgehead atoms. The average Bonchev–Trinajstić information content (AvgIpc) is 2.82. The fraction of sp³-hybridized carbons (Fsp3) is 0.321. The van der Waals surface area contributed by atoms with E-state index in [0.717, 1.165) is 40.8 Å². The summed E-state index contributed by atoms with van der Waals surface area (Å²) in [5, 5.41) is 3.49. The van der Waals surface area contributed by atoms with Crippen LogP contribution in [0.15, 0.2) is 78.9 Å². The van der Waals surface area contributed by atoms with Crippen LogP contribution in [0, 0.1) is 0 Å². The van der Waals surface area contributed by atoms with E-state index in [4.69, 9.17) is 9.47 Å². The van der Waals surface area contributed by atoms with Crippen LogP contribution < -0.4 is 49.5 Å². The van der Waals surface area contributed by atoms with Crippen molar-refractivity contribution in [3.05, 3.63) is 84.4 Å². The van der Waals surface area contributed by atoms with Gasteiger partial charge < -0.3 is 39.2 Å². The number of halogens is 2. The molecule has 5 nitrogen and oxygen atoms in total. The van der Waals surface area contributed by atoms with E-state index in [-0.39, 0.29) is 24.8 Å². The number of anilines is 1. The van der Waals surface area contributed by atoms with Crippen molar-refractivity contribution in [2.75, 3.05) is 25.6 Å². The van der Waals surface area contributed by atoms with E-state index in [1.165, 1.54) is 0 Å². The molecule has 0 aliphatic heterocycles. The van der Waals surface area contributed by atoms with Crippen LogP contribution in [0.5, 0.6) is 11.5 Å². The minimum atomic E-state index is 0. The van der Waals surface area contributed by atoms with Crippen LogP contribution in [0.2, 0.25) is 0 Å². The number of ether oxygens (including phenoxy) is 2. The van der Waals surface area contributed by atoms with Crippen LogP contribution in [0.4, 0.5) is 11.4 Å². The molecule has 0 saturated heterocycles. The van der Waals surface area contributed by atoms with E-state index in [9.17, 15) is 0 Å². The summed E-state index contributed by atoms with van der Waals surface area (Å²) < 4.78 is 11.3. The maximum atomic E-state index is 6.02. The zero-order valence-electron chi connectivity index (χ0n) is 21.1. The van der Waals surface area contributed by atoms with Gasteiger partial charge in [-0.15, -0.1) is 0 Å². The summed E-state index contributed by atoms with van der Waals surface area (Å²) in [7, 11) is 1.67. The highest BCUT2D eigenvalue weighted by molar-refractivity contribution is 6.04. The van der Waals surface area contributed by atoms with Crippen LogP contribution >= 0.6 is 0 Å². The Kier molecular flexibility index (Phi) is 13.2. The number of nitrogens with one attached hydrogen (secondary N) is 3. The lowest BCUT2D eigenvalue weighted by molar-refractivity contribution is -0.942. The Morgan fingerprint density at radius 3 is 1.91 bits per heavy atom. The number of para-hydroxylation sites is 1. The first kappa shape index (κ1) is 30.3. The summed E-state index contributed by atoms with van der Waals surface area (Å²) in [5.41, 5.74) is 3.02. The fourth-order valence-corrected chi connectivity index (χ4v) is 3.91. The predicted molar refractivity (Wildman–Crippen MR) is 136 cm³/mol. The van der Waals surface area contributed by atoms with Gasteiger partial charge in [0.05, 0.1) is 24.8 Å². The van der Waals surface area contributed by atoms with Crippen molar-refractivity contribution in [1.82, 2.24) is 0 Å². The van der Waals surface area contributed by atoms with Crippen LogP contribution in [-0.4, -0.2) is 38.2 Å².